The number of fused-ring (bicyclic) bond motifs is 3. The highest BCUT2D eigenvalue weighted by Gasteiger charge is 2.63. The second-order valence-corrected chi connectivity index (χ2v) is 12.7. The number of hydrogen-bond acceptors (Lipinski definition) is 10. The number of nitrogens with zero attached hydrogens (tertiary/aromatic N) is 1. The summed E-state index contributed by atoms with van der Waals surface area (Å²) in [6.07, 6.45) is 0.103. The minimum atomic E-state index is -2.71. The minimum absolute atomic E-state index is 0.0258. The number of allylic oxidation sites excluding steroid dienone is 1. The number of aliphatic hydroxyl groups excluding tert-OH is 2. The van der Waals surface area contributed by atoms with Crippen LogP contribution < -0.4 is 15.8 Å². The number of phenolic OH excluding ortho intramolecular Hbond substituents is 1. The lowest BCUT2D eigenvalue weighted by Crippen LogP contribution is -2.63. The summed E-state index contributed by atoms with van der Waals surface area (Å²) in [4.78, 5) is 41.5. The zero-order valence-corrected chi connectivity index (χ0v) is 26.6. The molecule has 0 spiro atoms. The van der Waals surface area contributed by atoms with E-state index in [1.165, 1.54) is 30.2 Å². The smallest absolute Gasteiger partial charge is 0.255 e. The summed E-state index contributed by atoms with van der Waals surface area (Å²) in [5.41, 5.74) is 4.89. The quantitative estimate of drug-likeness (QED) is 0.197. The Hall–Kier alpha value is -5.04. The minimum Gasteiger partial charge on any atom is -0.510 e. The van der Waals surface area contributed by atoms with Crippen molar-refractivity contribution in [3.63, 3.8) is 0 Å². The van der Waals surface area contributed by atoms with E-state index in [0.717, 1.165) is 11.1 Å². The fourth-order valence-corrected chi connectivity index (χ4v) is 7.58. The van der Waals surface area contributed by atoms with Crippen molar-refractivity contribution in [1.82, 2.24) is 10.2 Å². The highest BCUT2D eigenvalue weighted by molar-refractivity contribution is 6.25. The molecule has 0 bridgehead atoms. The van der Waals surface area contributed by atoms with Gasteiger partial charge in [0.05, 0.1) is 18.7 Å². The van der Waals surface area contributed by atoms with Crippen molar-refractivity contribution in [2.45, 2.75) is 37.6 Å². The van der Waals surface area contributed by atoms with E-state index in [-0.39, 0.29) is 35.5 Å². The average molecular weight is 658 g/mol. The summed E-state index contributed by atoms with van der Waals surface area (Å²) in [5, 5.41) is 48.7. The fourth-order valence-electron chi connectivity index (χ4n) is 7.58. The Labute approximate surface area is 275 Å². The zero-order valence-electron chi connectivity index (χ0n) is 26.6. The van der Waals surface area contributed by atoms with Crippen molar-refractivity contribution >= 4 is 17.5 Å². The molecule has 3 aromatic rings. The first-order valence-corrected chi connectivity index (χ1v) is 15.4. The number of carbonyl (C=O) groups excluding carboxylic acids is 3. The molecule has 12 heteroatoms. The van der Waals surface area contributed by atoms with E-state index < -0.39 is 58.0 Å². The van der Waals surface area contributed by atoms with Crippen LogP contribution in [0.3, 0.4) is 0 Å². The van der Waals surface area contributed by atoms with Crippen LogP contribution in [0.4, 0.5) is 4.39 Å². The number of primary amides is 1. The van der Waals surface area contributed by atoms with Gasteiger partial charge >= 0.3 is 0 Å². The molecule has 0 aliphatic heterocycles. The molecule has 0 saturated heterocycles. The first-order valence-electron chi connectivity index (χ1n) is 15.4. The molecule has 3 aliphatic rings. The first-order chi connectivity index (χ1) is 22.8. The van der Waals surface area contributed by atoms with E-state index in [2.05, 4.69) is 5.32 Å². The summed E-state index contributed by atoms with van der Waals surface area (Å²) in [6.45, 7) is 0.860. The Bertz CT molecular complexity index is 1940. The summed E-state index contributed by atoms with van der Waals surface area (Å²) in [6, 6.07) is 13.8. The number of hydrogen-bond donors (Lipinski definition) is 6. The van der Waals surface area contributed by atoms with Crippen molar-refractivity contribution < 1.29 is 43.9 Å². The van der Waals surface area contributed by atoms with Gasteiger partial charge in [-0.05, 0) is 85.4 Å². The fraction of sp³-hybridized carbons (Fsp3) is 0.306. The molecule has 0 saturated carbocycles. The van der Waals surface area contributed by atoms with Crippen LogP contribution in [0.15, 0.2) is 77.3 Å². The lowest BCUT2D eigenvalue weighted by atomic mass is 9.58. The number of ketones is 2. The van der Waals surface area contributed by atoms with E-state index in [1.807, 2.05) is 18.2 Å². The summed E-state index contributed by atoms with van der Waals surface area (Å²) in [7, 11) is 4.67. The Morgan fingerprint density at radius 2 is 1.75 bits per heavy atom. The van der Waals surface area contributed by atoms with Gasteiger partial charge in [-0.15, -0.1) is 0 Å². The molecule has 0 fully saturated rings. The lowest BCUT2D eigenvalue weighted by molar-refractivity contribution is -0.148. The highest BCUT2D eigenvalue weighted by atomic mass is 19.1. The summed E-state index contributed by atoms with van der Waals surface area (Å²) >= 11 is 0. The topological polar surface area (TPSA) is 183 Å². The third-order valence-electron chi connectivity index (χ3n) is 9.71. The van der Waals surface area contributed by atoms with Crippen molar-refractivity contribution in [3.05, 3.63) is 105 Å². The maximum Gasteiger partial charge on any atom is 0.255 e. The number of likely N-dealkylation sites (N-methyl/N-ethyl adjacent to an activating group) is 1. The number of rotatable bonds is 8. The predicted molar refractivity (Wildman–Crippen MR) is 173 cm³/mol. The van der Waals surface area contributed by atoms with Crippen LogP contribution in [0.2, 0.25) is 0 Å². The highest BCUT2D eigenvalue weighted by Crippen LogP contribution is 2.53. The third kappa shape index (κ3) is 5.13. The van der Waals surface area contributed by atoms with Gasteiger partial charge in [0.1, 0.15) is 34.4 Å². The number of phenols is 1. The van der Waals surface area contributed by atoms with E-state index in [1.54, 1.807) is 32.3 Å². The second-order valence-electron chi connectivity index (χ2n) is 12.7. The second kappa shape index (κ2) is 12.2. The van der Waals surface area contributed by atoms with Crippen LogP contribution in [0, 0.1) is 17.7 Å². The lowest BCUT2D eigenvalue weighted by Gasteiger charge is -2.50. The number of carbonyl (C=O) groups is 3. The van der Waals surface area contributed by atoms with E-state index in [0.29, 0.717) is 35.5 Å². The molecule has 0 radical (unpaired) electrons. The molecule has 1 unspecified atom stereocenters. The molecule has 3 aliphatic carbocycles. The maximum absolute atomic E-state index is 14.2. The normalized spacial score (nSPS) is 23.6. The number of aromatic hydroxyl groups is 1. The standard InChI is InChI=1S/C36H36FN3O8/c1-40(2)30-24-14-19-13-23-21(22-12-18(7-10-26(22)48-3)16-39-15-17-5-4-6-20(37)11-17)8-9-25(41)28(23)31(42)27(19)33(44)36(24,47)34(45)29(32(30)43)35(38)46/h4-12,19,24,30,39,41,43-44,47H,13-16H2,1-3H3,(H2,38,46)/t19-,24-,30?,36-/m0/s1. The first kappa shape index (κ1) is 32.9. The number of amides is 1. The molecule has 7 N–H and O–H groups in total. The van der Waals surface area contributed by atoms with Crippen LogP contribution in [-0.2, 0) is 29.1 Å². The maximum atomic E-state index is 14.2. The molecule has 6 rings (SSSR count). The van der Waals surface area contributed by atoms with Gasteiger partial charge in [0.25, 0.3) is 5.91 Å². The van der Waals surface area contributed by atoms with Crippen molar-refractivity contribution in [1.29, 1.82) is 0 Å². The number of nitrogens with two attached hydrogens (primary N) is 1. The van der Waals surface area contributed by atoms with Gasteiger partial charge in [0.2, 0.25) is 5.78 Å². The van der Waals surface area contributed by atoms with Gasteiger partial charge in [0.15, 0.2) is 11.4 Å². The van der Waals surface area contributed by atoms with Crippen LogP contribution in [-0.4, -0.2) is 75.6 Å². The van der Waals surface area contributed by atoms with Crippen molar-refractivity contribution in [2.24, 2.45) is 17.6 Å². The van der Waals surface area contributed by atoms with E-state index in [9.17, 15) is 39.2 Å². The van der Waals surface area contributed by atoms with Crippen LogP contribution >= 0.6 is 0 Å². The average Bonchev–Trinajstić information content (AvgIpc) is 3.02. The van der Waals surface area contributed by atoms with Gasteiger partial charge in [-0.3, -0.25) is 19.3 Å². The Morgan fingerprint density at radius 3 is 2.40 bits per heavy atom. The Kier molecular flexibility index (Phi) is 8.36. The number of methoxy groups -OCH3 is 1. The van der Waals surface area contributed by atoms with E-state index in [4.69, 9.17) is 10.5 Å². The number of halogens is 1. The third-order valence-corrected chi connectivity index (χ3v) is 9.71. The van der Waals surface area contributed by atoms with Gasteiger partial charge in [0, 0.05) is 30.1 Å². The van der Waals surface area contributed by atoms with Crippen LogP contribution in [0.5, 0.6) is 11.5 Å². The Balaban J connectivity index is 1.42. The molecule has 0 aromatic heterocycles. The summed E-state index contributed by atoms with van der Waals surface area (Å²) < 4.78 is 19.3. The molecule has 4 atom stereocenters. The largest absolute Gasteiger partial charge is 0.510 e. The number of aliphatic hydroxyl groups is 3. The van der Waals surface area contributed by atoms with Crippen LogP contribution in [0.1, 0.15) is 33.5 Å². The number of ether oxygens (including phenoxy) is 1. The molecule has 48 heavy (non-hydrogen) atoms. The van der Waals surface area contributed by atoms with Crippen molar-refractivity contribution in [2.75, 3.05) is 21.2 Å². The molecule has 1 amide bonds. The monoisotopic (exact) mass is 657 g/mol. The number of Topliss-reactive ketones (excluding diaryl/α,β-unsaturated/α-hetero) is 2. The van der Waals surface area contributed by atoms with Gasteiger partial charge in [-0.1, -0.05) is 24.3 Å². The molecule has 250 valence electrons. The number of nitrogens with one attached hydrogen (secondary N) is 1. The van der Waals surface area contributed by atoms with Gasteiger partial charge < -0.3 is 36.2 Å². The van der Waals surface area contributed by atoms with Gasteiger partial charge in [-0.2, -0.15) is 0 Å². The van der Waals surface area contributed by atoms with Crippen LogP contribution in [0.25, 0.3) is 11.1 Å². The molecule has 0 heterocycles. The van der Waals surface area contributed by atoms with Gasteiger partial charge in [-0.25, -0.2) is 4.39 Å². The Morgan fingerprint density at radius 1 is 1.04 bits per heavy atom. The zero-order chi connectivity index (χ0) is 34.7. The molecule has 11 nitrogen and oxygen atoms in total. The molecular formula is C36H36FN3O8. The number of benzene rings is 3. The summed E-state index contributed by atoms with van der Waals surface area (Å²) in [5.74, 6) is -6.91. The molecule has 3 aromatic carbocycles. The van der Waals surface area contributed by atoms with Crippen molar-refractivity contribution in [3.8, 4) is 22.6 Å². The molecular weight excluding hydrogens is 621 g/mol. The predicted octanol–water partition coefficient (Wildman–Crippen LogP) is 3.23. The van der Waals surface area contributed by atoms with E-state index >= 15 is 0 Å². The SMILES string of the molecule is COc1ccc(CNCc2cccc(F)c2)cc1-c1ccc(O)c2c1C[C@H]1C[C@H]3C(N(C)C)C(O)=C(C(N)=O)C(=O)[C@@]3(O)C(O)=C1C2=O.